The van der Waals surface area contributed by atoms with Crippen molar-refractivity contribution in [1.82, 2.24) is 5.32 Å². The van der Waals surface area contributed by atoms with Crippen LogP contribution in [0.2, 0.25) is 0 Å². The van der Waals surface area contributed by atoms with E-state index >= 15 is 0 Å². The maximum absolute atomic E-state index is 9.04. The molecule has 0 radical (unpaired) electrons. The summed E-state index contributed by atoms with van der Waals surface area (Å²) in [4.78, 5) is 0. The highest BCUT2D eigenvalue weighted by Gasteiger charge is 2.24. The highest BCUT2D eigenvalue weighted by atomic mass is 79.9. The molecule has 0 spiro atoms. The van der Waals surface area contributed by atoms with Gasteiger partial charge in [-0.15, -0.1) is 0 Å². The maximum atomic E-state index is 9.04. The summed E-state index contributed by atoms with van der Waals surface area (Å²) in [6.45, 7) is 1.21. The van der Waals surface area contributed by atoms with Crippen molar-refractivity contribution in [3.05, 3.63) is 34.3 Å². The van der Waals surface area contributed by atoms with Gasteiger partial charge in [0.25, 0.3) is 0 Å². The second-order valence-corrected chi connectivity index (χ2v) is 4.72. The lowest BCUT2D eigenvalue weighted by Crippen LogP contribution is -2.14. The Balaban J connectivity index is 2.09. The van der Waals surface area contributed by atoms with Crippen LogP contribution in [0.1, 0.15) is 18.0 Å². The Labute approximate surface area is 92.5 Å². The Morgan fingerprint density at radius 2 is 2.36 bits per heavy atom. The third-order valence-electron chi connectivity index (χ3n) is 2.73. The van der Waals surface area contributed by atoms with Crippen LogP contribution in [0.15, 0.2) is 28.7 Å². The molecule has 0 bridgehead atoms. The third-order valence-corrected chi connectivity index (χ3v) is 3.22. The molecular weight excluding hydrogens is 242 g/mol. The van der Waals surface area contributed by atoms with Crippen LogP contribution in [0.25, 0.3) is 0 Å². The molecule has 3 heteroatoms. The molecule has 0 amide bonds. The molecule has 1 aromatic rings. The maximum Gasteiger partial charge on any atom is 0.0472 e. The smallest absolute Gasteiger partial charge is 0.0472 e. The first-order valence-corrected chi connectivity index (χ1v) is 5.68. The molecule has 1 saturated heterocycles. The summed E-state index contributed by atoms with van der Waals surface area (Å²) in [6.07, 6.45) is 1.03. The number of aliphatic hydroxyl groups is 1. The first-order chi connectivity index (χ1) is 6.79. The molecule has 2 rings (SSSR count). The van der Waals surface area contributed by atoms with Gasteiger partial charge in [-0.25, -0.2) is 0 Å². The van der Waals surface area contributed by atoms with Crippen LogP contribution in [0, 0.1) is 5.92 Å². The Hall–Kier alpha value is -0.380. The molecule has 0 saturated carbocycles. The van der Waals surface area contributed by atoms with Gasteiger partial charge in [0.05, 0.1) is 0 Å². The summed E-state index contributed by atoms with van der Waals surface area (Å²) in [5.41, 5.74) is 1.30. The summed E-state index contributed by atoms with van der Waals surface area (Å²) in [5.74, 6) is 0.416. The van der Waals surface area contributed by atoms with Crippen molar-refractivity contribution >= 4 is 15.9 Å². The zero-order valence-corrected chi connectivity index (χ0v) is 9.50. The van der Waals surface area contributed by atoms with Crippen molar-refractivity contribution in [3.8, 4) is 0 Å². The molecule has 1 aromatic carbocycles. The molecule has 1 fully saturated rings. The van der Waals surface area contributed by atoms with Gasteiger partial charge in [-0.1, -0.05) is 28.1 Å². The van der Waals surface area contributed by atoms with Gasteiger partial charge in [-0.05, 0) is 30.0 Å². The van der Waals surface area contributed by atoms with Crippen LogP contribution in [0.4, 0.5) is 0 Å². The van der Waals surface area contributed by atoms with Gasteiger partial charge in [0.15, 0.2) is 0 Å². The van der Waals surface area contributed by atoms with Gasteiger partial charge >= 0.3 is 0 Å². The van der Waals surface area contributed by atoms with Gasteiger partial charge < -0.3 is 10.4 Å². The fourth-order valence-corrected chi connectivity index (χ4v) is 2.34. The lowest BCUT2D eigenvalue weighted by atomic mass is 10.0. The van der Waals surface area contributed by atoms with E-state index in [0.717, 1.165) is 17.4 Å². The number of aliphatic hydroxyl groups excluding tert-OH is 1. The minimum atomic E-state index is 0.289. The van der Waals surface area contributed by atoms with Gasteiger partial charge in [-0.2, -0.15) is 0 Å². The first-order valence-electron chi connectivity index (χ1n) is 4.89. The van der Waals surface area contributed by atoms with E-state index < -0.39 is 0 Å². The van der Waals surface area contributed by atoms with Crippen LogP contribution in [0.3, 0.4) is 0 Å². The summed E-state index contributed by atoms with van der Waals surface area (Å²) in [5, 5.41) is 12.5. The topological polar surface area (TPSA) is 32.3 Å². The highest BCUT2D eigenvalue weighted by molar-refractivity contribution is 9.10. The quantitative estimate of drug-likeness (QED) is 0.849. The number of nitrogens with one attached hydrogen (secondary N) is 1. The van der Waals surface area contributed by atoms with Gasteiger partial charge in [0.2, 0.25) is 0 Å². The number of hydrogen-bond donors (Lipinski definition) is 2. The summed E-state index contributed by atoms with van der Waals surface area (Å²) < 4.78 is 1.12. The summed E-state index contributed by atoms with van der Waals surface area (Å²) in [7, 11) is 0. The van der Waals surface area contributed by atoms with Crippen molar-refractivity contribution in [2.24, 2.45) is 5.92 Å². The molecule has 76 valence electrons. The Morgan fingerprint density at radius 3 is 3.00 bits per heavy atom. The minimum absolute atomic E-state index is 0.289. The molecule has 2 nitrogen and oxygen atoms in total. The van der Waals surface area contributed by atoms with E-state index in [0.29, 0.717) is 12.0 Å². The van der Waals surface area contributed by atoms with Crippen LogP contribution in [-0.2, 0) is 0 Å². The van der Waals surface area contributed by atoms with Crippen LogP contribution < -0.4 is 5.32 Å². The number of hydrogen-bond acceptors (Lipinski definition) is 2. The Kier molecular flexibility index (Phi) is 3.21. The van der Waals surface area contributed by atoms with Crippen molar-refractivity contribution in [1.29, 1.82) is 0 Å². The lowest BCUT2D eigenvalue weighted by molar-refractivity contribution is 0.236. The van der Waals surface area contributed by atoms with Crippen LogP contribution in [-0.4, -0.2) is 18.3 Å². The predicted molar refractivity (Wildman–Crippen MR) is 60.1 cm³/mol. The normalized spacial score (nSPS) is 26.7. The monoisotopic (exact) mass is 255 g/mol. The van der Waals surface area contributed by atoms with E-state index in [1.54, 1.807) is 0 Å². The number of halogens is 1. The number of benzene rings is 1. The predicted octanol–water partition coefficient (Wildman–Crippen LogP) is 2.09. The average molecular weight is 256 g/mol. The van der Waals surface area contributed by atoms with Gasteiger partial charge in [-0.3, -0.25) is 0 Å². The lowest BCUT2D eigenvalue weighted by Gasteiger charge is -2.10. The third kappa shape index (κ3) is 2.16. The Morgan fingerprint density at radius 1 is 1.50 bits per heavy atom. The van der Waals surface area contributed by atoms with E-state index in [9.17, 15) is 0 Å². The van der Waals surface area contributed by atoms with E-state index in [4.69, 9.17) is 5.11 Å². The molecule has 1 aliphatic heterocycles. The molecule has 14 heavy (non-hydrogen) atoms. The second-order valence-electron chi connectivity index (χ2n) is 3.80. The summed E-state index contributed by atoms with van der Waals surface area (Å²) >= 11 is 3.46. The SMILES string of the molecule is OCC1CNC(c2cccc(Br)c2)C1. The zero-order chi connectivity index (χ0) is 9.97. The molecule has 1 aliphatic rings. The Bertz CT molecular complexity index is 316. The van der Waals surface area contributed by atoms with E-state index in [1.807, 2.05) is 12.1 Å². The van der Waals surface area contributed by atoms with E-state index in [1.165, 1.54) is 5.56 Å². The van der Waals surface area contributed by atoms with Crippen molar-refractivity contribution in [2.75, 3.05) is 13.2 Å². The molecular formula is C11H14BrNO. The van der Waals surface area contributed by atoms with Crippen molar-refractivity contribution < 1.29 is 5.11 Å². The fraction of sp³-hybridized carbons (Fsp3) is 0.455. The minimum Gasteiger partial charge on any atom is -0.396 e. The standard InChI is InChI=1S/C11H14BrNO/c12-10-3-1-2-9(5-10)11-4-8(7-14)6-13-11/h1-3,5,8,11,13-14H,4,6-7H2. The van der Waals surface area contributed by atoms with Crippen molar-refractivity contribution in [2.45, 2.75) is 12.5 Å². The average Bonchev–Trinajstić information content (AvgIpc) is 2.66. The zero-order valence-electron chi connectivity index (χ0n) is 7.91. The fourth-order valence-electron chi connectivity index (χ4n) is 1.93. The van der Waals surface area contributed by atoms with Crippen LogP contribution in [0.5, 0.6) is 0 Å². The van der Waals surface area contributed by atoms with Gasteiger partial charge in [0, 0.05) is 23.7 Å². The molecule has 2 atom stereocenters. The second kappa shape index (κ2) is 4.43. The van der Waals surface area contributed by atoms with Crippen molar-refractivity contribution in [3.63, 3.8) is 0 Å². The molecule has 2 unspecified atom stereocenters. The van der Waals surface area contributed by atoms with E-state index in [2.05, 4.69) is 33.4 Å². The first kappa shape index (κ1) is 10.1. The van der Waals surface area contributed by atoms with Gasteiger partial charge in [0.1, 0.15) is 0 Å². The number of rotatable bonds is 2. The highest BCUT2D eigenvalue weighted by Crippen LogP contribution is 2.28. The molecule has 1 heterocycles. The largest absolute Gasteiger partial charge is 0.396 e. The molecule has 0 aliphatic carbocycles. The molecule has 2 N–H and O–H groups in total. The van der Waals surface area contributed by atoms with E-state index in [-0.39, 0.29) is 6.61 Å². The summed E-state index contributed by atoms with van der Waals surface area (Å²) in [6, 6.07) is 8.75. The van der Waals surface area contributed by atoms with Crippen LogP contribution >= 0.6 is 15.9 Å². The molecule has 0 aromatic heterocycles.